The number of nitrogens with one attached hydrogen (secondary N) is 1. The molecule has 0 spiro atoms. The van der Waals surface area contributed by atoms with Gasteiger partial charge in [-0.3, -0.25) is 9.59 Å². The summed E-state index contributed by atoms with van der Waals surface area (Å²) in [5.74, 6) is -2.21. The van der Waals surface area contributed by atoms with Crippen molar-refractivity contribution in [3.8, 4) is 0 Å². The highest BCUT2D eigenvalue weighted by molar-refractivity contribution is 7.89. The highest BCUT2D eigenvalue weighted by atomic mass is 32.2. The Morgan fingerprint density at radius 1 is 1.10 bits per heavy atom. The van der Waals surface area contributed by atoms with Crippen LogP contribution in [0.15, 0.2) is 47.4 Å². The van der Waals surface area contributed by atoms with Crippen molar-refractivity contribution in [3.05, 3.63) is 65.0 Å². The molecule has 0 bridgehead atoms. The van der Waals surface area contributed by atoms with E-state index in [1.54, 1.807) is 6.07 Å². The topological polar surface area (TPSA) is 89.5 Å². The predicted octanol–water partition coefficient (Wildman–Crippen LogP) is 2.80. The lowest BCUT2D eigenvalue weighted by atomic mass is 9.90. The van der Waals surface area contributed by atoms with Crippen molar-refractivity contribution >= 4 is 21.8 Å². The maximum absolute atomic E-state index is 13.7. The highest BCUT2D eigenvalue weighted by Gasteiger charge is 2.26. The van der Waals surface area contributed by atoms with Gasteiger partial charge in [0.25, 0.3) is 0 Å². The quantitative estimate of drug-likeness (QED) is 0.551. The lowest BCUT2D eigenvalue weighted by Crippen LogP contribution is -2.40. The molecule has 2 aromatic rings. The van der Waals surface area contributed by atoms with Gasteiger partial charge in [-0.1, -0.05) is 24.3 Å². The van der Waals surface area contributed by atoms with Crippen molar-refractivity contribution in [1.82, 2.24) is 4.72 Å². The van der Waals surface area contributed by atoms with Gasteiger partial charge in [0.05, 0.1) is 0 Å². The highest BCUT2D eigenvalue weighted by Crippen LogP contribution is 2.22. The summed E-state index contributed by atoms with van der Waals surface area (Å²) < 4.78 is 45.2. The normalized spacial score (nSPS) is 14.7. The number of aryl methyl sites for hydroxylation is 2. The van der Waals surface area contributed by atoms with Gasteiger partial charge in [0.15, 0.2) is 12.4 Å². The maximum Gasteiger partial charge on any atom is 0.324 e. The zero-order chi connectivity index (χ0) is 21.0. The Balaban J connectivity index is 1.59. The van der Waals surface area contributed by atoms with Crippen LogP contribution in [0.25, 0.3) is 0 Å². The Labute approximate surface area is 169 Å². The number of carbonyl (C=O) groups is 2. The van der Waals surface area contributed by atoms with E-state index in [0.717, 1.165) is 43.4 Å². The fourth-order valence-electron chi connectivity index (χ4n) is 3.26. The average Bonchev–Trinajstić information content (AvgIpc) is 2.71. The van der Waals surface area contributed by atoms with E-state index >= 15 is 0 Å². The van der Waals surface area contributed by atoms with Crippen molar-refractivity contribution in [2.45, 2.75) is 43.5 Å². The summed E-state index contributed by atoms with van der Waals surface area (Å²) in [6.07, 6.45) is 4.14. The average molecular weight is 419 g/mol. The monoisotopic (exact) mass is 419 g/mol. The molecule has 0 saturated heterocycles. The number of fused-ring (bicyclic) bond motifs is 1. The minimum absolute atomic E-state index is 0.365. The van der Waals surface area contributed by atoms with Gasteiger partial charge in [0.2, 0.25) is 10.0 Å². The van der Waals surface area contributed by atoms with Gasteiger partial charge in [0, 0.05) is 5.56 Å². The van der Waals surface area contributed by atoms with Gasteiger partial charge < -0.3 is 4.74 Å². The van der Waals surface area contributed by atoms with Crippen molar-refractivity contribution in [2.75, 3.05) is 6.61 Å². The van der Waals surface area contributed by atoms with E-state index in [-0.39, 0.29) is 5.78 Å². The van der Waals surface area contributed by atoms with Crippen molar-refractivity contribution in [3.63, 3.8) is 0 Å². The molecule has 154 valence electrons. The Kier molecular flexibility index (Phi) is 6.44. The molecule has 1 atom stereocenters. The largest absolute Gasteiger partial charge is 0.456 e. The van der Waals surface area contributed by atoms with Crippen LogP contribution in [0.2, 0.25) is 0 Å². The fraction of sp³-hybridized carbons (Fsp3) is 0.333. The maximum atomic E-state index is 13.7. The van der Waals surface area contributed by atoms with Gasteiger partial charge in [-0.15, -0.1) is 0 Å². The lowest BCUT2D eigenvalue weighted by Gasteiger charge is -2.16. The molecule has 1 N–H and O–H groups in total. The molecule has 0 aliphatic heterocycles. The molecule has 29 heavy (non-hydrogen) atoms. The number of ether oxygens (including phenoxy) is 1. The molecule has 0 saturated carbocycles. The first-order chi connectivity index (χ1) is 13.8. The molecule has 8 heteroatoms. The number of ketones is 1. The minimum atomic E-state index is -4.25. The first-order valence-corrected chi connectivity index (χ1v) is 10.8. The molecular formula is C21H22FNO5S. The van der Waals surface area contributed by atoms with Crippen LogP contribution in [0.4, 0.5) is 4.39 Å². The molecule has 0 unspecified atom stereocenters. The number of carbonyl (C=O) groups excluding carboxylic acids is 2. The molecule has 0 amide bonds. The zero-order valence-corrected chi connectivity index (χ0v) is 16.8. The zero-order valence-electron chi connectivity index (χ0n) is 16.0. The Bertz CT molecular complexity index is 1040. The van der Waals surface area contributed by atoms with E-state index < -0.39 is 39.4 Å². The standard InChI is InChI=1S/C21H22FNO5S/c1-14(23-29(26,27)20-9-5-4-8-18(20)22)21(25)28-13-19(24)17-11-10-15-6-2-3-7-16(15)12-17/h4-5,8-12,14,23H,2-3,6-7,13H2,1H3/t14-/m0/s1. The van der Waals surface area contributed by atoms with Crippen LogP contribution in [0.5, 0.6) is 0 Å². The van der Waals surface area contributed by atoms with Crippen LogP contribution in [-0.4, -0.2) is 32.8 Å². The van der Waals surface area contributed by atoms with E-state index in [2.05, 4.69) is 4.72 Å². The number of hydrogen-bond donors (Lipinski definition) is 1. The molecule has 0 heterocycles. The summed E-state index contributed by atoms with van der Waals surface area (Å²) in [5.41, 5.74) is 2.83. The van der Waals surface area contributed by atoms with Crippen molar-refractivity contribution in [2.24, 2.45) is 0 Å². The third kappa shape index (κ3) is 5.07. The lowest BCUT2D eigenvalue weighted by molar-refractivity contribution is -0.144. The molecule has 2 aromatic carbocycles. The summed E-state index contributed by atoms with van der Waals surface area (Å²) in [6.45, 7) is 0.771. The Morgan fingerprint density at radius 2 is 1.79 bits per heavy atom. The van der Waals surface area contributed by atoms with E-state index in [0.29, 0.717) is 5.56 Å². The third-order valence-corrected chi connectivity index (χ3v) is 6.40. The smallest absolute Gasteiger partial charge is 0.324 e. The van der Waals surface area contributed by atoms with Crippen molar-refractivity contribution in [1.29, 1.82) is 0 Å². The van der Waals surface area contributed by atoms with Gasteiger partial charge in [0.1, 0.15) is 16.8 Å². The van der Waals surface area contributed by atoms with Crippen LogP contribution < -0.4 is 4.72 Å². The predicted molar refractivity (Wildman–Crippen MR) is 105 cm³/mol. The Hall–Kier alpha value is -2.58. The van der Waals surface area contributed by atoms with E-state index in [1.165, 1.54) is 24.6 Å². The second-order valence-electron chi connectivity index (χ2n) is 6.99. The molecule has 0 fully saturated rings. The summed E-state index contributed by atoms with van der Waals surface area (Å²) >= 11 is 0. The third-order valence-electron chi connectivity index (χ3n) is 4.83. The molecule has 0 radical (unpaired) electrons. The second kappa shape index (κ2) is 8.84. The number of hydrogen-bond acceptors (Lipinski definition) is 5. The van der Waals surface area contributed by atoms with Crippen LogP contribution >= 0.6 is 0 Å². The molecular weight excluding hydrogens is 397 g/mol. The molecule has 6 nitrogen and oxygen atoms in total. The SMILES string of the molecule is C[C@H](NS(=O)(=O)c1ccccc1F)C(=O)OCC(=O)c1ccc2c(c1)CCCC2. The second-order valence-corrected chi connectivity index (χ2v) is 8.68. The fourth-order valence-corrected chi connectivity index (χ4v) is 4.53. The number of halogens is 1. The summed E-state index contributed by atoms with van der Waals surface area (Å²) in [7, 11) is -4.25. The number of Topliss-reactive ketones (excluding diaryl/α,β-unsaturated/α-hetero) is 1. The van der Waals surface area contributed by atoms with Crippen LogP contribution in [0.1, 0.15) is 41.3 Å². The number of benzene rings is 2. The molecule has 0 aromatic heterocycles. The van der Waals surface area contributed by atoms with Gasteiger partial charge >= 0.3 is 5.97 Å². The van der Waals surface area contributed by atoms with E-state index in [4.69, 9.17) is 4.74 Å². The van der Waals surface area contributed by atoms with E-state index in [9.17, 15) is 22.4 Å². The first kappa shape index (κ1) is 21.1. The molecule has 1 aliphatic rings. The van der Waals surface area contributed by atoms with Gasteiger partial charge in [-0.2, -0.15) is 4.72 Å². The minimum Gasteiger partial charge on any atom is -0.456 e. The summed E-state index contributed by atoms with van der Waals surface area (Å²) in [5, 5.41) is 0. The number of sulfonamides is 1. The summed E-state index contributed by atoms with van der Waals surface area (Å²) in [6, 6.07) is 9.02. The van der Waals surface area contributed by atoms with Gasteiger partial charge in [-0.25, -0.2) is 12.8 Å². The molecule has 3 rings (SSSR count). The summed E-state index contributed by atoms with van der Waals surface area (Å²) in [4.78, 5) is 23.9. The number of rotatable bonds is 7. The van der Waals surface area contributed by atoms with Crippen molar-refractivity contribution < 1.29 is 27.1 Å². The molecule has 1 aliphatic carbocycles. The van der Waals surface area contributed by atoms with Crippen LogP contribution in [0.3, 0.4) is 0 Å². The van der Waals surface area contributed by atoms with Crippen LogP contribution in [-0.2, 0) is 32.4 Å². The number of esters is 1. The Morgan fingerprint density at radius 3 is 2.52 bits per heavy atom. The first-order valence-electron chi connectivity index (χ1n) is 9.36. The van der Waals surface area contributed by atoms with E-state index in [1.807, 2.05) is 12.1 Å². The van der Waals surface area contributed by atoms with Gasteiger partial charge in [-0.05, 0) is 61.9 Å². The van der Waals surface area contributed by atoms with Crippen LogP contribution in [0, 0.1) is 5.82 Å².